The van der Waals surface area contributed by atoms with Crippen molar-refractivity contribution >= 4 is 46.7 Å². The highest BCUT2D eigenvalue weighted by atomic mass is 35.5. The van der Waals surface area contributed by atoms with Gasteiger partial charge in [-0.3, -0.25) is 0 Å². The summed E-state index contributed by atoms with van der Waals surface area (Å²) >= 11 is 13.6. The van der Waals surface area contributed by atoms with E-state index < -0.39 is 0 Å². The van der Waals surface area contributed by atoms with Crippen LogP contribution in [0.1, 0.15) is 18.5 Å². The number of hydrogen-bond acceptors (Lipinski definition) is 2. The van der Waals surface area contributed by atoms with Crippen molar-refractivity contribution in [2.24, 2.45) is 0 Å². The summed E-state index contributed by atoms with van der Waals surface area (Å²) in [4.78, 5) is 13.2. The molecule has 2 N–H and O–H groups in total. The van der Waals surface area contributed by atoms with Crippen molar-refractivity contribution in [3.05, 3.63) is 58.1 Å². The number of carbonyl (C=O) groups is 1. The summed E-state index contributed by atoms with van der Waals surface area (Å²) in [6.45, 7) is 1.87. The predicted molar refractivity (Wildman–Crippen MR) is 95.3 cm³/mol. The molecule has 0 aliphatic rings. The minimum Gasteiger partial charge on any atom is -0.331 e. The van der Waals surface area contributed by atoms with Crippen LogP contribution in [-0.2, 0) is 0 Å². The van der Waals surface area contributed by atoms with Gasteiger partial charge in [-0.05, 0) is 49.1 Å². The molecule has 0 saturated heterocycles. The summed E-state index contributed by atoms with van der Waals surface area (Å²) in [6, 6.07) is 12.4. The minimum atomic E-state index is -0.281. The molecule has 3 nitrogen and oxygen atoms in total. The van der Waals surface area contributed by atoms with Crippen molar-refractivity contribution in [2.45, 2.75) is 17.9 Å². The molecular weight excluding hydrogens is 339 g/mol. The highest BCUT2D eigenvalue weighted by Crippen LogP contribution is 2.26. The third-order valence-electron chi connectivity index (χ3n) is 3.10. The summed E-state index contributed by atoms with van der Waals surface area (Å²) in [5.74, 6) is 0. The van der Waals surface area contributed by atoms with Crippen LogP contribution in [0.15, 0.2) is 47.4 Å². The Morgan fingerprint density at radius 2 is 1.95 bits per heavy atom. The van der Waals surface area contributed by atoms with Crippen LogP contribution in [0.4, 0.5) is 10.5 Å². The average Bonchev–Trinajstić information content (AvgIpc) is 2.47. The maximum Gasteiger partial charge on any atom is 0.319 e. The molecule has 0 aliphatic carbocycles. The molecule has 0 fully saturated rings. The standard InChI is InChI=1S/C16H16Cl2N2OS/c1-10(14-7-6-11(17)8-15(14)18)19-16(21)20-12-4-3-5-13(9-12)22-2/h3-10H,1-2H3,(H2,19,20,21). The number of hydrogen-bond donors (Lipinski definition) is 2. The van der Waals surface area contributed by atoms with Gasteiger partial charge in [0.25, 0.3) is 0 Å². The molecule has 2 rings (SSSR count). The lowest BCUT2D eigenvalue weighted by atomic mass is 10.1. The van der Waals surface area contributed by atoms with Gasteiger partial charge in [0.2, 0.25) is 0 Å². The van der Waals surface area contributed by atoms with Crippen LogP contribution in [0.25, 0.3) is 0 Å². The van der Waals surface area contributed by atoms with Crippen molar-refractivity contribution < 1.29 is 4.79 Å². The van der Waals surface area contributed by atoms with E-state index >= 15 is 0 Å². The zero-order valence-electron chi connectivity index (χ0n) is 12.2. The summed E-state index contributed by atoms with van der Waals surface area (Å²) in [5.41, 5.74) is 1.57. The van der Waals surface area contributed by atoms with Crippen molar-refractivity contribution in [3.63, 3.8) is 0 Å². The summed E-state index contributed by atoms with van der Waals surface area (Å²) < 4.78 is 0. The molecule has 6 heteroatoms. The second-order valence-electron chi connectivity index (χ2n) is 4.72. The molecule has 0 aliphatic heterocycles. The molecule has 0 radical (unpaired) electrons. The first kappa shape index (κ1) is 17.0. The van der Waals surface area contributed by atoms with Gasteiger partial charge in [-0.25, -0.2) is 4.79 Å². The first-order valence-corrected chi connectivity index (χ1v) is 8.64. The van der Waals surface area contributed by atoms with E-state index in [1.165, 1.54) is 0 Å². The Morgan fingerprint density at radius 3 is 2.64 bits per heavy atom. The van der Waals surface area contributed by atoms with Gasteiger partial charge in [-0.2, -0.15) is 0 Å². The van der Waals surface area contributed by atoms with E-state index in [4.69, 9.17) is 23.2 Å². The van der Waals surface area contributed by atoms with E-state index in [1.807, 2.05) is 43.5 Å². The number of rotatable bonds is 4. The Kier molecular flexibility index (Phi) is 6.00. The lowest BCUT2D eigenvalue weighted by molar-refractivity contribution is 0.249. The topological polar surface area (TPSA) is 41.1 Å². The maximum absolute atomic E-state index is 12.1. The second kappa shape index (κ2) is 7.77. The van der Waals surface area contributed by atoms with Crippen molar-refractivity contribution in [1.29, 1.82) is 0 Å². The van der Waals surface area contributed by atoms with E-state index in [0.29, 0.717) is 10.0 Å². The molecule has 22 heavy (non-hydrogen) atoms. The average molecular weight is 355 g/mol. The molecule has 0 spiro atoms. The number of nitrogens with one attached hydrogen (secondary N) is 2. The molecule has 116 valence electrons. The number of halogens is 2. The van der Waals surface area contributed by atoms with E-state index in [9.17, 15) is 4.79 Å². The van der Waals surface area contributed by atoms with Crippen LogP contribution in [0, 0.1) is 0 Å². The van der Waals surface area contributed by atoms with Crippen LogP contribution in [0.5, 0.6) is 0 Å². The molecule has 0 saturated carbocycles. The Labute approximate surface area is 144 Å². The van der Waals surface area contributed by atoms with E-state index in [1.54, 1.807) is 23.9 Å². The molecule has 0 bridgehead atoms. The molecule has 2 aromatic carbocycles. The zero-order chi connectivity index (χ0) is 16.1. The van der Waals surface area contributed by atoms with E-state index in [-0.39, 0.29) is 12.1 Å². The SMILES string of the molecule is CSc1cccc(NC(=O)NC(C)c2ccc(Cl)cc2Cl)c1. The Balaban J connectivity index is 2.01. The highest BCUT2D eigenvalue weighted by Gasteiger charge is 2.13. The van der Waals surface area contributed by atoms with Gasteiger partial charge < -0.3 is 10.6 Å². The fraction of sp³-hybridized carbons (Fsp3) is 0.188. The monoisotopic (exact) mass is 354 g/mol. The van der Waals surface area contributed by atoms with Crippen LogP contribution in [-0.4, -0.2) is 12.3 Å². The molecule has 1 unspecified atom stereocenters. The second-order valence-corrected chi connectivity index (χ2v) is 6.44. The number of anilines is 1. The first-order valence-electron chi connectivity index (χ1n) is 6.66. The number of amides is 2. The highest BCUT2D eigenvalue weighted by molar-refractivity contribution is 7.98. The lowest BCUT2D eigenvalue weighted by Gasteiger charge is -2.16. The van der Waals surface area contributed by atoms with Gasteiger partial charge in [0.05, 0.1) is 6.04 Å². The molecular formula is C16H16Cl2N2OS. The van der Waals surface area contributed by atoms with Gasteiger partial charge in [0, 0.05) is 20.6 Å². The third-order valence-corrected chi connectivity index (χ3v) is 4.39. The zero-order valence-corrected chi connectivity index (χ0v) is 14.5. The maximum atomic E-state index is 12.1. The van der Waals surface area contributed by atoms with E-state index in [2.05, 4.69) is 10.6 Å². The molecule has 0 aromatic heterocycles. The summed E-state index contributed by atoms with van der Waals surface area (Å²) in [6.07, 6.45) is 1.99. The fourth-order valence-corrected chi connectivity index (χ4v) is 3.03. The largest absolute Gasteiger partial charge is 0.331 e. The number of thioether (sulfide) groups is 1. The van der Waals surface area contributed by atoms with Gasteiger partial charge >= 0.3 is 6.03 Å². The van der Waals surface area contributed by atoms with Crippen molar-refractivity contribution in [3.8, 4) is 0 Å². The Morgan fingerprint density at radius 1 is 1.18 bits per heavy atom. The lowest BCUT2D eigenvalue weighted by Crippen LogP contribution is -2.31. The number of carbonyl (C=O) groups excluding carboxylic acids is 1. The number of urea groups is 1. The first-order chi connectivity index (χ1) is 10.5. The molecule has 2 amide bonds. The van der Waals surface area contributed by atoms with Crippen LogP contribution in [0.3, 0.4) is 0 Å². The third kappa shape index (κ3) is 4.57. The van der Waals surface area contributed by atoms with Crippen LogP contribution in [0.2, 0.25) is 10.0 Å². The molecule has 2 aromatic rings. The molecule has 0 heterocycles. The Bertz CT molecular complexity index is 679. The number of benzene rings is 2. The fourth-order valence-electron chi connectivity index (χ4n) is 2.00. The van der Waals surface area contributed by atoms with E-state index in [0.717, 1.165) is 16.1 Å². The minimum absolute atomic E-state index is 0.228. The predicted octanol–water partition coefficient (Wildman–Crippen LogP) is 5.60. The van der Waals surface area contributed by atoms with Crippen LogP contribution < -0.4 is 10.6 Å². The van der Waals surface area contributed by atoms with Crippen LogP contribution >= 0.6 is 35.0 Å². The van der Waals surface area contributed by atoms with Gasteiger partial charge in [0.1, 0.15) is 0 Å². The summed E-state index contributed by atoms with van der Waals surface area (Å²) in [5, 5.41) is 6.77. The van der Waals surface area contributed by atoms with Crippen molar-refractivity contribution in [1.82, 2.24) is 5.32 Å². The van der Waals surface area contributed by atoms with Crippen molar-refractivity contribution in [2.75, 3.05) is 11.6 Å². The molecule has 1 atom stereocenters. The quantitative estimate of drug-likeness (QED) is 0.701. The van der Waals surface area contributed by atoms with Gasteiger partial charge in [0.15, 0.2) is 0 Å². The smallest absolute Gasteiger partial charge is 0.319 e. The Hall–Kier alpha value is -1.36. The summed E-state index contributed by atoms with van der Waals surface area (Å²) in [7, 11) is 0. The van der Waals surface area contributed by atoms with Gasteiger partial charge in [-0.1, -0.05) is 35.3 Å². The van der Waals surface area contributed by atoms with Gasteiger partial charge in [-0.15, -0.1) is 11.8 Å². The normalized spacial score (nSPS) is 11.8.